The van der Waals surface area contributed by atoms with Crippen LogP contribution in [0.1, 0.15) is 81.1 Å². The highest BCUT2D eigenvalue weighted by atomic mass is 14.1. The molecular formula is C13H32. The molecule has 0 N–H and O–H groups in total. The lowest BCUT2D eigenvalue weighted by molar-refractivity contribution is 0.373. The minimum absolute atomic E-state index is 0. The topological polar surface area (TPSA) is 0 Å². The van der Waals surface area contributed by atoms with E-state index >= 15 is 0 Å². The second-order valence-electron chi connectivity index (χ2n) is 4.66. The van der Waals surface area contributed by atoms with Crippen molar-refractivity contribution in [3.05, 3.63) is 0 Å². The lowest BCUT2D eigenvalue weighted by atomic mass is 9.91. The Labute approximate surface area is 87.1 Å². The SMILES string of the molecule is C.CCCC(C)(C)C.CCCCC. The fourth-order valence-corrected chi connectivity index (χ4v) is 1.10. The molecule has 0 nitrogen and oxygen atoms in total. The van der Waals surface area contributed by atoms with E-state index in [9.17, 15) is 0 Å². The molecule has 0 aromatic carbocycles. The van der Waals surface area contributed by atoms with Crippen molar-refractivity contribution >= 4 is 0 Å². The van der Waals surface area contributed by atoms with E-state index in [4.69, 9.17) is 0 Å². The number of hydrogen-bond acceptors (Lipinski definition) is 0. The van der Waals surface area contributed by atoms with Crippen LogP contribution in [0.4, 0.5) is 0 Å². The average Bonchev–Trinajstić information content (AvgIpc) is 1.87. The van der Waals surface area contributed by atoms with Gasteiger partial charge in [-0.1, -0.05) is 74.7 Å². The molecule has 0 aromatic rings. The van der Waals surface area contributed by atoms with Gasteiger partial charge in [-0.2, -0.15) is 0 Å². The average molecular weight is 188 g/mol. The Hall–Kier alpha value is 0. The number of hydrogen-bond donors (Lipinski definition) is 0. The highest BCUT2D eigenvalue weighted by molar-refractivity contribution is 4.58. The third kappa shape index (κ3) is 33.3. The maximum absolute atomic E-state index is 2.27. The summed E-state index contributed by atoms with van der Waals surface area (Å²) in [7, 11) is 0. The van der Waals surface area contributed by atoms with Crippen molar-refractivity contribution in [1.29, 1.82) is 0 Å². The van der Waals surface area contributed by atoms with Crippen LogP contribution in [0.2, 0.25) is 0 Å². The Morgan fingerprint density at radius 2 is 1.15 bits per heavy atom. The van der Waals surface area contributed by atoms with Crippen molar-refractivity contribution in [3.8, 4) is 0 Å². The smallest absolute Gasteiger partial charge is 0.0383 e. The van der Waals surface area contributed by atoms with E-state index in [1.807, 2.05) is 0 Å². The van der Waals surface area contributed by atoms with Gasteiger partial charge >= 0.3 is 0 Å². The molecule has 0 radical (unpaired) electrons. The first-order valence-corrected chi connectivity index (χ1v) is 5.47. The van der Waals surface area contributed by atoms with Gasteiger partial charge in [-0.05, 0) is 11.8 Å². The van der Waals surface area contributed by atoms with Crippen LogP contribution in [0, 0.1) is 5.41 Å². The zero-order chi connectivity index (χ0) is 10.0. The zero-order valence-electron chi connectivity index (χ0n) is 10.0. The molecule has 0 atom stereocenters. The highest BCUT2D eigenvalue weighted by Crippen LogP contribution is 2.19. The predicted molar refractivity (Wildman–Crippen MR) is 66.3 cm³/mol. The molecule has 0 saturated carbocycles. The van der Waals surface area contributed by atoms with Gasteiger partial charge in [0.15, 0.2) is 0 Å². The Kier molecular flexibility index (Phi) is 17.3. The normalized spacial score (nSPS) is 9.69. The van der Waals surface area contributed by atoms with E-state index < -0.39 is 0 Å². The predicted octanol–water partition coefficient (Wildman–Crippen LogP) is 5.67. The molecule has 84 valence electrons. The summed E-state index contributed by atoms with van der Waals surface area (Å²) in [6, 6.07) is 0. The minimum atomic E-state index is 0. The van der Waals surface area contributed by atoms with Gasteiger partial charge in [-0.25, -0.2) is 0 Å². The molecule has 0 saturated heterocycles. The van der Waals surface area contributed by atoms with Crippen LogP contribution in [0.15, 0.2) is 0 Å². The molecule has 0 aromatic heterocycles. The summed E-state index contributed by atoms with van der Waals surface area (Å²) in [5, 5.41) is 0. The molecule has 0 bridgehead atoms. The highest BCUT2D eigenvalue weighted by Gasteiger charge is 2.06. The summed E-state index contributed by atoms with van der Waals surface area (Å²) < 4.78 is 0. The van der Waals surface area contributed by atoms with Crippen LogP contribution in [-0.4, -0.2) is 0 Å². The van der Waals surface area contributed by atoms with Crippen molar-refractivity contribution in [2.45, 2.75) is 81.1 Å². The quantitative estimate of drug-likeness (QED) is 0.535. The first kappa shape index (κ1) is 18.7. The fourth-order valence-electron chi connectivity index (χ4n) is 1.10. The molecule has 0 aliphatic carbocycles. The van der Waals surface area contributed by atoms with Crippen LogP contribution in [-0.2, 0) is 0 Å². The van der Waals surface area contributed by atoms with Gasteiger partial charge in [0.05, 0.1) is 0 Å². The molecule has 0 heteroatoms. The molecule has 0 aliphatic rings. The summed E-state index contributed by atoms with van der Waals surface area (Å²) in [6.45, 7) is 13.5. The van der Waals surface area contributed by atoms with Gasteiger partial charge in [0.1, 0.15) is 0 Å². The molecule has 0 fully saturated rings. The second kappa shape index (κ2) is 12.0. The third-order valence-corrected chi connectivity index (χ3v) is 1.71. The van der Waals surface area contributed by atoms with Gasteiger partial charge in [0.2, 0.25) is 0 Å². The van der Waals surface area contributed by atoms with Gasteiger partial charge in [-0.3, -0.25) is 0 Å². The first-order valence-electron chi connectivity index (χ1n) is 5.47. The Morgan fingerprint density at radius 1 is 0.769 bits per heavy atom. The summed E-state index contributed by atoms with van der Waals surface area (Å²) in [6.07, 6.45) is 6.73. The second-order valence-corrected chi connectivity index (χ2v) is 4.66. The van der Waals surface area contributed by atoms with E-state index in [1.54, 1.807) is 0 Å². The van der Waals surface area contributed by atoms with Gasteiger partial charge in [0, 0.05) is 0 Å². The van der Waals surface area contributed by atoms with Crippen LogP contribution in [0.25, 0.3) is 0 Å². The lowest BCUT2D eigenvalue weighted by Crippen LogP contribution is -2.02. The van der Waals surface area contributed by atoms with Crippen molar-refractivity contribution < 1.29 is 0 Å². The van der Waals surface area contributed by atoms with Crippen LogP contribution in [0.5, 0.6) is 0 Å². The van der Waals surface area contributed by atoms with Crippen molar-refractivity contribution in [1.82, 2.24) is 0 Å². The van der Waals surface area contributed by atoms with Crippen LogP contribution >= 0.6 is 0 Å². The summed E-state index contributed by atoms with van der Waals surface area (Å²) in [5.74, 6) is 0. The van der Waals surface area contributed by atoms with E-state index in [1.165, 1.54) is 32.1 Å². The lowest BCUT2D eigenvalue weighted by Gasteiger charge is -2.15. The Bertz CT molecular complexity index is 64.6. The third-order valence-electron chi connectivity index (χ3n) is 1.71. The maximum atomic E-state index is 2.27. The van der Waals surface area contributed by atoms with Crippen molar-refractivity contribution in [3.63, 3.8) is 0 Å². The monoisotopic (exact) mass is 188 g/mol. The fraction of sp³-hybridized carbons (Fsp3) is 1.00. The molecule has 0 unspecified atom stereocenters. The molecule has 0 spiro atoms. The van der Waals surface area contributed by atoms with Crippen LogP contribution in [0.3, 0.4) is 0 Å². The summed E-state index contributed by atoms with van der Waals surface area (Å²) in [4.78, 5) is 0. The summed E-state index contributed by atoms with van der Waals surface area (Å²) in [5.41, 5.74) is 0.550. The number of rotatable bonds is 3. The molecule has 0 aliphatic heterocycles. The maximum Gasteiger partial charge on any atom is -0.0383 e. The molecule has 0 heterocycles. The van der Waals surface area contributed by atoms with E-state index in [0.29, 0.717) is 5.41 Å². The zero-order valence-corrected chi connectivity index (χ0v) is 10.0. The summed E-state index contributed by atoms with van der Waals surface area (Å²) >= 11 is 0. The standard InChI is InChI=1S/C7H16.C5H12.CH4/c1-5-6-7(2,3)4;1-3-5-4-2;/h5-6H2,1-4H3;3-5H2,1-2H3;1H4. The molecule has 0 rings (SSSR count). The van der Waals surface area contributed by atoms with Gasteiger partial charge in [0.25, 0.3) is 0 Å². The van der Waals surface area contributed by atoms with Crippen LogP contribution < -0.4 is 0 Å². The van der Waals surface area contributed by atoms with Crippen molar-refractivity contribution in [2.75, 3.05) is 0 Å². The first-order chi connectivity index (χ1) is 5.47. The van der Waals surface area contributed by atoms with E-state index in [2.05, 4.69) is 41.5 Å². The van der Waals surface area contributed by atoms with E-state index in [0.717, 1.165) is 0 Å². The van der Waals surface area contributed by atoms with E-state index in [-0.39, 0.29) is 7.43 Å². The van der Waals surface area contributed by atoms with Crippen molar-refractivity contribution in [2.24, 2.45) is 5.41 Å². The largest absolute Gasteiger partial charge is 0.0776 e. The Balaban J connectivity index is -0.000000150. The number of unbranched alkanes of at least 4 members (excludes halogenated alkanes) is 2. The molecule has 0 amide bonds. The Morgan fingerprint density at radius 3 is 1.15 bits per heavy atom. The minimum Gasteiger partial charge on any atom is -0.0776 e. The molecular weight excluding hydrogens is 156 g/mol. The van der Waals surface area contributed by atoms with Gasteiger partial charge < -0.3 is 0 Å². The molecule has 13 heavy (non-hydrogen) atoms. The van der Waals surface area contributed by atoms with Gasteiger partial charge in [-0.15, -0.1) is 0 Å².